The fourth-order valence-electron chi connectivity index (χ4n) is 2.07. The van der Waals surface area contributed by atoms with Crippen LogP contribution in [0.5, 0.6) is 11.5 Å². The molecule has 1 aliphatic heterocycles. The van der Waals surface area contributed by atoms with E-state index >= 15 is 0 Å². The molecule has 0 radical (unpaired) electrons. The van der Waals surface area contributed by atoms with Crippen molar-refractivity contribution in [2.45, 2.75) is 20.0 Å². The maximum Gasteiger partial charge on any atom is 0.349 e. The van der Waals surface area contributed by atoms with E-state index in [1.165, 1.54) is 18.3 Å². The lowest BCUT2D eigenvalue weighted by molar-refractivity contribution is -0.123. The van der Waals surface area contributed by atoms with E-state index in [-0.39, 0.29) is 6.79 Å². The molecule has 6 nitrogen and oxygen atoms in total. The van der Waals surface area contributed by atoms with Crippen LogP contribution in [0.2, 0.25) is 0 Å². The van der Waals surface area contributed by atoms with Crippen LogP contribution in [0, 0.1) is 6.92 Å². The molecule has 7 heteroatoms. The molecule has 120 valence electrons. The van der Waals surface area contributed by atoms with Crippen molar-refractivity contribution in [3.8, 4) is 11.5 Å². The normalized spacial score (nSPS) is 13.5. The molecule has 0 bridgehead atoms. The number of hydrogen-bond donors (Lipinski definition) is 1. The maximum absolute atomic E-state index is 12.1. The number of benzene rings is 1. The average Bonchev–Trinajstić information content (AvgIpc) is 3.15. The second kappa shape index (κ2) is 6.29. The van der Waals surface area contributed by atoms with Gasteiger partial charge >= 0.3 is 5.97 Å². The molecule has 0 saturated heterocycles. The van der Waals surface area contributed by atoms with Crippen LogP contribution in [-0.4, -0.2) is 24.8 Å². The first-order valence-electron chi connectivity index (χ1n) is 7.00. The summed E-state index contributed by atoms with van der Waals surface area (Å²) >= 11 is 1.29. The van der Waals surface area contributed by atoms with Gasteiger partial charge in [0.2, 0.25) is 6.79 Å². The van der Waals surface area contributed by atoms with E-state index in [0.29, 0.717) is 22.1 Å². The summed E-state index contributed by atoms with van der Waals surface area (Å²) in [4.78, 5) is 24.7. The molecule has 1 atom stereocenters. The Bertz CT molecular complexity index is 755. The van der Waals surface area contributed by atoms with Gasteiger partial charge in [0.15, 0.2) is 17.6 Å². The third-order valence-electron chi connectivity index (χ3n) is 3.34. The minimum absolute atomic E-state index is 0.168. The molecule has 1 aliphatic rings. The van der Waals surface area contributed by atoms with Gasteiger partial charge in [-0.05, 0) is 43.0 Å². The van der Waals surface area contributed by atoms with Gasteiger partial charge in [-0.3, -0.25) is 4.79 Å². The summed E-state index contributed by atoms with van der Waals surface area (Å²) in [5.74, 6) is 0.301. The van der Waals surface area contributed by atoms with Crippen LogP contribution in [0.15, 0.2) is 29.6 Å². The standard InChI is InChI=1S/C16H15NO5S/c1-9-5-6-23-14(9)16(19)22-10(2)15(18)17-11-3-4-12-13(7-11)21-8-20-12/h3-7,10H,8H2,1-2H3,(H,17,18)/t10-/m1/s1. The molecule has 0 saturated carbocycles. The van der Waals surface area contributed by atoms with E-state index in [1.807, 2.05) is 18.4 Å². The van der Waals surface area contributed by atoms with Crippen molar-refractivity contribution in [3.05, 3.63) is 40.1 Å². The lowest BCUT2D eigenvalue weighted by Gasteiger charge is -2.13. The predicted octanol–water partition coefficient (Wildman–Crippen LogP) is 2.97. The van der Waals surface area contributed by atoms with E-state index in [2.05, 4.69) is 5.32 Å². The van der Waals surface area contributed by atoms with E-state index < -0.39 is 18.0 Å². The molecule has 0 unspecified atom stereocenters. The molecular weight excluding hydrogens is 318 g/mol. The fraction of sp³-hybridized carbons (Fsp3) is 0.250. The third-order valence-corrected chi connectivity index (χ3v) is 4.34. The quantitative estimate of drug-likeness (QED) is 0.871. The van der Waals surface area contributed by atoms with Gasteiger partial charge in [-0.25, -0.2) is 4.79 Å². The number of carbonyl (C=O) groups excluding carboxylic acids is 2. The van der Waals surface area contributed by atoms with Gasteiger partial charge in [0.1, 0.15) is 4.88 Å². The molecular formula is C16H15NO5S. The number of hydrogen-bond acceptors (Lipinski definition) is 6. The summed E-state index contributed by atoms with van der Waals surface area (Å²) < 4.78 is 15.7. The van der Waals surface area contributed by atoms with Crippen molar-refractivity contribution < 1.29 is 23.8 Å². The second-order valence-electron chi connectivity index (χ2n) is 5.04. The van der Waals surface area contributed by atoms with Gasteiger partial charge in [-0.2, -0.15) is 0 Å². The van der Waals surface area contributed by atoms with Gasteiger partial charge in [-0.1, -0.05) is 0 Å². The Morgan fingerprint density at radius 1 is 1.26 bits per heavy atom. The maximum atomic E-state index is 12.1. The zero-order valence-corrected chi connectivity index (χ0v) is 13.4. The molecule has 0 fully saturated rings. The van der Waals surface area contributed by atoms with Crippen molar-refractivity contribution in [1.82, 2.24) is 0 Å². The van der Waals surface area contributed by atoms with Gasteiger partial charge in [0, 0.05) is 11.8 Å². The monoisotopic (exact) mass is 333 g/mol. The molecule has 3 rings (SSSR count). The zero-order chi connectivity index (χ0) is 16.4. The van der Waals surface area contributed by atoms with Crippen LogP contribution in [0.4, 0.5) is 5.69 Å². The molecule has 23 heavy (non-hydrogen) atoms. The number of esters is 1. The first-order valence-corrected chi connectivity index (χ1v) is 7.88. The number of thiophene rings is 1. The topological polar surface area (TPSA) is 73.9 Å². The zero-order valence-electron chi connectivity index (χ0n) is 12.6. The highest BCUT2D eigenvalue weighted by molar-refractivity contribution is 7.12. The van der Waals surface area contributed by atoms with Crippen LogP contribution in [0.1, 0.15) is 22.2 Å². The van der Waals surface area contributed by atoms with Crippen molar-refractivity contribution >= 4 is 28.9 Å². The molecule has 1 aromatic heterocycles. The number of ether oxygens (including phenoxy) is 3. The van der Waals surface area contributed by atoms with E-state index in [0.717, 1.165) is 5.56 Å². The number of nitrogens with one attached hydrogen (secondary N) is 1. The molecule has 2 aromatic rings. The van der Waals surface area contributed by atoms with Crippen LogP contribution < -0.4 is 14.8 Å². The summed E-state index contributed by atoms with van der Waals surface area (Å²) in [6, 6.07) is 6.91. The number of fused-ring (bicyclic) bond motifs is 1. The lowest BCUT2D eigenvalue weighted by Crippen LogP contribution is -2.29. The molecule has 1 amide bonds. The van der Waals surface area contributed by atoms with E-state index in [9.17, 15) is 9.59 Å². The Hall–Kier alpha value is -2.54. The molecule has 0 spiro atoms. The number of amides is 1. The summed E-state index contributed by atoms with van der Waals surface area (Å²) in [6.45, 7) is 3.52. The van der Waals surface area contributed by atoms with Gasteiger partial charge < -0.3 is 19.5 Å². The first kappa shape index (κ1) is 15.4. The Balaban J connectivity index is 1.61. The highest BCUT2D eigenvalue weighted by atomic mass is 32.1. The van der Waals surface area contributed by atoms with Gasteiger partial charge in [0.25, 0.3) is 5.91 Å². The fourth-order valence-corrected chi connectivity index (χ4v) is 2.87. The molecule has 1 aromatic carbocycles. The minimum atomic E-state index is -0.908. The van der Waals surface area contributed by atoms with Crippen molar-refractivity contribution in [2.24, 2.45) is 0 Å². The van der Waals surface area contributed by atoms with Crippen molar-refractivity contribution in [1.29, 1.82) is 0 Å². The SMILES string of the molecule is Cc1ccsc1C(=O)O[C@H](C)C(=O)Nc1ccc2c(c1)OCO2. The van der Waals surface area contributed by atoms with Crippen LogP contribution in [0.25, 0.3) is 0 Å². The summed E-state index contributed by atoms with van der Waals surface area (Å²) in [7, 11) is 0. The Morgan fingerprint density at radius 2 is 2.04 bits per heavy atom. The highest BCUT2D eigenvalue weighted by Crippen LogP contribution is 2.34. The second-order valence-corrected chi connectivity index (χ2v) is 5.95. The highest BCUT2D eigenvalue weighted by Gasteiger charge is 2.22. The van der Waals surface area contributed by atoms with Gasteiger partial charge in [0.05, 0.1) is 0 Å². The first-order chi connectivity index (χ1) is 11.0. The van der Waals surface area contributed by atoms with Crippen molar-refractivity contribution in [3.63, 3.8) is 0 Å². The number of anilines is 1. The van der Waals surface area contributed by atoms with Crippen LogP contribution >= 0.6 is 11.3 Å². The number of aryl methyl sites for hydroxylation is 1. The molecule has 1 N–H and O–H groups in total. The Labute approximate surface area is 137 Å². The Kier molecular flexibility index (Phi) is 4.20. The number of carbonyl (C=O) groups is 2. The van der Waals surface area contributed by atoms with Crippen LogP contribution in [-0.2, 0) is 9.53 Å². The van der Waals surface area contributed by atoms with Crippen LogP contribution in [0.3, 0.4) is 0 Å². The average molecular weight is 333 g/mol. The molecule has 2 heterocycles. The summed E-state index contributed by atoms with van der Waals surface area (Å²) in [5.41, 5.74) is 1.39. The largest absolute Gasteiger partial charge is 0.454 e. The van der Waals surface area contributed by atoms with E-state index in [4.69, 9.17) is 14.2 Å². The number of rotatable bonds is 4. The van der Waals surface area contributed by atoms with E-state index in [1.54, 1.807) is 18.2 Å². The predicted molar refractivity (Wildman–Crippen MR) is 85.1 cm³/mol. The minimum Gasteiger partial charge on any atom is -0.454 e. The lowest BCUT2D eigenvalue weighted by atomic mass is 10.2. The molecule has 0 aliphatic carbocycles. The smallest absolute Gasteiger partial charge is 0.349 e. The Morgan fingerprint density at radius 3 is 2.78 bits per heavy atom. The third kappa shape index (κ3) is 3.29. The van der Waals surface area contributed by atoms with Gasteiger partial charge in [-0.15, -0.1) is 11.3 Å². The summed E-state index contributed by atoms with van der Waals surface area (Å²) in [5, 5.41) is 4.50. The summed E-state index contributed by atoms with van der Waals surface area (Å²) in [6.07, 6.45) is -0.908. The van der Waals surface area contributed by atoms with Crippen molar-refractivity contribution in [2.75, 3.05) is 12.1 Å².